The van der Waals surface area contributed by atoms with Crippen LogP contribution in [0.25, 0.3) is 5.65 Å². The Balaban J connectivity index is 1.73. The van der Waals surface area contributed by atoms with Crippen LogP contribution in [0, 0.1) is 15.9 Å². The molecular weight excluding hydrogens is 349 g/mol. The molecule has 128 valence electrons. The zero-order valence-electron chi connectivity index (χ0n) is 12.9. The molecule has 8 nitrogen and oxygen atoms in total. The first kappa shape index (κ1) is 16.8. The van der Waals surface area contributed by atoms with Crippen molar-refractivity contribution in [3.8, 4) is 0 Å². The highest BCUT2D eigenvalue weighted by atomic mass is 32.2. The second-order valence-electron chi connectivity index (χ2n) is 5.08. The number of carbonyl (C=O) groups excluding carboxylic acids is 1. The van der Waals surface area contributed by atoms with Crippen LogP contribution in [0.15, 0.2) is 47.8 Å². The number of carbonyl (C=O) groups is 1. The number of thioether (sulfide) groups is 1. The van der Waals surface area contributed by atoms with Crippen molar-refractivity contribution in [3.63, 3.8) is 0 Å². The lowest BCUT2D eigenvalue weighted by Crippen LogP contribution is -2.22. The fourth-order valence-electron chi connectivity index (χ4n) is 2.09. The van der Waals surface area contributed by atoms with Crippen molar-refractivity contribution in [2.24, 2.45) is 0 Å². The molecule has 1 N–H and O–H groups in total. The third-order valence-electron chi connectivity index (χ3n) is 3.34. The number of rotatable bonds is 5. The van der Waals surface area contributed by atoms with Gasteiger partial charge in [0.25, 0.3) is 0 Å². The van der Waals surface area contributed by atoms with Gasteiger partial charge in [-0.3, -0.25) is 19.3 Å². The van der Waals surface area contributed by atoms with Gasteiger partial charge in [-0.15, -0.1) is 10.2 Å². The summed E-state index contributed by atoms with van der Waals surface area (Å²) in [7, 11) is 0. The number of hydrogen-bond donors (Lipinski definition) is 1. The molecule has 2 heterocycles. The van der Waals surface area contributed by atoms with Gasteiger partial charge >= 0.3 is 5.69 Å². The molecule has 10 heteroatoms. The Morgan fingerprint density at radius 2 is 2.16 bits per heavy atom. The highest BCUT2D eigenvalue weighted by Crippen LogP contribution is 2.25. The molecule has 0 saturated heterocycles. The zero-order valence-corrected chi connectivity index (χ0v) is 13.7. The molecule has 0 bridgehead atoms. The number of benzene rings is 1. The van der Waals surface area contributed by atoms with E-state index in [0.29, 0.717) is 10.8 Å². The summed E-state index contributed by atoms with van der Waals surface area (Å²) in [4.78, 5) is 22.2. The van der Waals surface area contributed by atoms with E-state index in [-0.39, 0.29) is 5.69 Å². The number of nitrogens with one attached hydrogen (secondary N) is 1. The van der Waals surface area contributed by atoms with Crippen LogP contribution >= 0.6 is 11.8 Å². The Morgan fingerprint density at radius 1 is 1.36 bits per heavy atom. The van der Waals surface area contributed by atoms with E-state index < -0.39 is 27.6 Å². The molecule has 3 rings (SSSR count). The van der Waals surface area contributed by atoms with Crippen molar-refractivity contribution in [3.05, 3.63) is 58.5 Å². The molecule has 25 heavy (non-hydrogen) atoms. The molecule has 0 spiro atoms. The summed E-state index contributed by atoms with van der Waals surface area (Å²) in [5.74, 6) is -1.35. The summed E-state index contributed by atoms with van der Waals surface area (Å²) in [5.41, 5.74) is 0.116. The minimum absolute atomic E-state index is 0.150. The van der Waals surface area contributed by atoms with Gasteiger partial charge in [0.15, 0.2) is 10.8 Å². The monoisotopic (exact) mass is 361 g/mol. The molecule has 1 aromatic carbocycles. The summed E-state index contributed by atoms with van der Waals surface area (Å²) < 4.78 is 15.1. The van der Waals surface area contributed by atoms with Crippen LogP contribution in [0.3, 0.4) is 0 Å². The standard InChI is InChI=1S/C15H12FN5O3S/c1-9(25-15-19-18-13-4-2-3-7-20(13)15)14(22)17-10-5-6-11(16)12(8-10)21(23)24/h2-9H,1H3,(H,17,22). The summed E-state index contributed by atoms with van der Waals surface area (Å²) >= 11 is 1.19. The van der Waals surface area contributed by atoms with Crippen molar-refractivity contribution in [2.75, 3.05) is 5.32 Å². The molecule has 0 aliphatic heterocycles. The lowest BCUT2D eigenvalue weighted by atomic mass is 10.2. The number of pyridine rings is 1. The molecule has 0 radical (unpaired) electrons. The number of nitro benzene ring substituents is 1. The van der Waals surface area contributed by atoms with Crippen LogP contribution in [0.2, 0.25) is 0 Å². The molecular formula is C15H12FN5O3S. The summed E-state index contributed by atoms with van der Waals surface area (Å²) in [6, 6.07) is 8.64. The Hall–Kier alpha value is -3.01. The molecule has 3 aromatic rings. The summed E-state index contributed by atoms with van der Waals surface area (Å²) in [5, 5.41) is 21.3. The van der Waals surface area contributed by atoms with Gasteiger partial charge in [-0.25, -0.2) is 0 Å². The second-order valence-corrected chi connectivity index (χ2v) is 6.39. The van der Waals surface area contributed by atoms with Crippen LogP contribution in [-0.2, 0) is 4.79 Å². The van der Waals surface area contributed by atoms with E-state index in [1.54, 1.807) is 23.6 Å². The van der Waals surface area contributed by atoms with Crippen LogP contribution in [0.5, 0.6) is 0 Å². The zero-order chi connectivity index (χ0) is 18.0. The SMILES string of the molecule is CC(Sc1nnc2ccccn12)C(=O)Nc1ccc(F)c([N+](=O)[O-])c1. The van der Waals surface area contributed by atoms with E-state index in [0.717, 1.165) is 12.1 Å². The maximum absolute atomic E-state index is 13.3. The number of amides is 1. The normalized spacial score (nSPS) is 12.1. The van der Waals surface area contributed by atoms with E-state index in [2.05, 4.69) is 15.5 Å². The Bertz CT molecular complexity index is 961. The Morgan fingerprint density at radius 3 is 2.92 bits per heavy atom. The number of anilines is 1. The van der Waals surface area contributed by atoms with E-state index in [4.69, 9.17) is 0 Å². The molecule has 0 fully saturated rings. The van der Waals surface area contributed by atoms with E-state index in [9.17, 15) is 19.3 Å². The smallest absolute Gasteiger partial charge is 0.306 e. The Kier molecular flexibility index (Phi) is 4.61. The number of hydrogen-bond acceptors (Lipinski definition) is 6. The first-order valence-corrected chi connectivity index (χ1v) is 8.05. The average molecular weight is 361 g/mol. The van der Waals surface area contributed by atoms with Crippen LogP contribution in [0.4, 0.5) is 15.8 Å². The van der Waals surface area contributed by atoms with Crippen molar-refractivity contribution in [1.82, 2.24) is 14.6 Å². The molecule has 2 aromatic heterocycles. The summed E-state index contributed by atoms with van der Waals surface area (Å²) in [6.45, 7) is 1.67. The molecule has 0 saturated carbocycles. The van der Waals surface area contributed by atoms with Gasteiger partial charge in [0, 0.05) is 18.0 Å². The maximum atomic E-state index is 13.3. The minimum atomic E-state index is -0.958. The topological polar surface area (TPSA) is 102 Å². The Labute approximate surface area is 145 Å². The highest BCUT2D eigenvalue weighted by Gasteiger charge is 2.20. The molecule has 1 unspecified atom stereocenters. The summed E-state index contributed by atoms with van der Waals surface area (Å²) in [6.07, 6.45) is 1.78. The first-order valence-electron chi connectivity index (χ1n) is 7.17. The van der Waals surface area contributed by atoms with Crippen molar-refractivity contribution < 1.29 is 14.1 Å². The number of aromatic nitrogens is 3. The molecule has 1 atom stereocenters. The van der Waals surface area contributed by atoms with Gasteiger partial charge in [-0.05, 0) is 31.2 Å². The fourth-order valence-corrected chi connectivity index (χ4v) is 2.92. The first-order chi connectivity index (χ1) is 12.0. The minimum Gasteiger partial charge on any atom is -0.325 e. The lowest BCUT2D eigenvalue weighted by molar-refractivity contribution is -0.387. The molecule has 0 aliphatic carbocycles. The van der Waals surface area contributed by atoms with Crippen LogP contribution < -0.4 is 5.32 Å². The quantitative estimate of drug-likeness (QED) is 0.426. The van der Waals surface area contributed by atoms with Crippen molar-refractivity contribution in [2.45, 2.75) is 17.3 Å². The van der Waals surface area contributed by atoms with Crippen molar-refractivity contribution in [1.29, 1.82) is 0 Å². The number of nitro groups is 1. The second kappa shape index (κ2) is 6.85. The molecule has 1 amide bonds. The average Bonchev–Trinajstić information content (AvgIpc) is 2.99. The lowest BCUT2D eigenvalue weighted by Gasteiger charge is -2.11. The predicted octanol–water partition coefficient (Wildman–Crippen LogP) is 2.90. The predicted molar refractivity (Wildman–Crippen MR) is 90.0 cm³/mol. The van der Waals surface area contributed by atoms with Gasteiger partial charge in [0.05, 0.1) is 10.2 Å². The maximum Gasteiger partial charge on any atom is 0.306 e. The molecule has 0 aliphatic rings. The van der Waals surface area contributed by atoms with Crippen molar-refractivity contribution >= 4 is 34.7 Å². The van der Waals surface area contributed by atoms with E-state index in [1.807, 2.05) is 12.1 Å². The van der Waals surface area contributed by atoms with Gasteiger partial charge in [-0.1, -0.05) is 17.8 Å². The largest absolute Gasteiger partial charge is 0.325 e. The van der Waals surface area contributed by atoms with Crippen LogP contribution in [0.1, 0.15) is 6.92 Å². The van der Waals surface area contributed by atoms with Gasteiger partial charge < -0.3 is 5.32 Å². The van der Waals surface area contributed by atoms with Gasteiger partial charge in [0.1, 0.15) is 0 Å². The number of fused-ring (bicyclic) bond motifs is 1. The highest BCUT2D eigenvalue weighted by molar-refractivity contribution is 8.00. The van der Waals surface area contributed by atoms with E-state index in [1.165, 1.54) is 17.8 Å². The fraction of sp³-hybridized carbons (Fsp3) is 0.133. The van der Waals surface area contributed by atoms with Crippen LogP contribution in [-0.4, -0.2) is 30.7 Å². The third-order valence-corrected chi connectivity index (χ3v) is 4.40. The van der Waals surface area contributed by atoms with Gasteiger partial charge in [0.2, 0.25) is 11.7 Å². The number of halogens is 1. The van der Waals surface area contributed by atoms with Gasteiger partial charge in [-0.2, -0.15) is 4.39 Å². The van der Waals surface area contributed by atoms with E-state index >= 15 is 0 Å². The third kappa shape index (κ3) is 3.58. The number of nitrogens with zero attached hydrogens (tertiary/aromatic N) is 4.